The van der Waals surface area contributed by atoms with Crippen molar-refractivity contribution in [2.24, 2.45) is 0 Å². The molecule has 0 amide bonds. The number of rotatable bonds is 4. The van der Waals surface area contributed by atoms with E-state index in [0.29, 0.717) is 11.1 Å². The first-order valence-electron chi connectivity index (χ1n) is 10.0. The molecule has 0 aliphatic carbocycles. The number of ether oxygens (including phenoxy) is 2. The van der Waals surface area contributed by atoms with E-state index in [1.807, 2.05) is 60.7 Å². The van der Waals surface area contributed by atoms with Gasteiger partial charge in [0.1, 0.15) is 0 Å². The predicted molar refractivity (Wildman–Crippen MR) is 142 cm³/mol. The summed E-state index contributed by atoms with van der Waals surface area (Å²) in [6.07, 6.45) is 0. The summed E-state index contributed by atoms with van der Waals surface area (Å²) in [6, 6.07) is 38.9. The molecule has 0 aliphatic heterocycles. The Labute approximate surface area is 241 Å². The van der Waals surface area contributed by atoms with E-state index in [1.165, 1.54) is 0 Å². The Hall–Kier alpha value is -2.34. The van der Waals surface area contributed by atoms with E-state index in [1.54, 1.807) is 62.8 Å². The zero-order chi connectivity index (χ0) is 25.0. The SMILES string of the molecule is COc1ccc(C(=O)[Se-])cc1.COc1ccc(C(=O)[Se-])cc1.[Sn+2].[c]1ccccc1.[c]1ccccc1. The second-order valence-electron chi connectivity index (χ2n) is 6.19. The topological polar surface area (TPSA) is 52.6 Å². The van der Waals surface area contributed by atoms with Gasteiger partial charge in [0.2, 0.25) is 0 Å². The summed E-state index contributed by atoms with van der Waals surface area (Å²) in [5.41, 5.74) is 1.32. The van der Waals surface area contributed by atoms with Gasteiger partial charge in [0.25, 0.3) is 0 Å². The first-order chi connectivity index (χ1) is 16.5. The van der Waals surface area contributed by atoms with Crippen molar-refractivity contribution in [2.45, 2.75) is 0 Å². The summed E-state index contributed by atoms with van der Waals surface area (Å²) in [5, 5.41) is 0. The van der Waals surface area contributed by atoms with E-state index in [-0.39, 0.29) is 33.3 Å². The molecule has 35 heavy (non-hydrogen) atoms. The molecule has 0 atom stereocenters. The Balaban J connectivity index is 0.000000452. The van der Waals surface area contributed by atoms with Gasteiger partial charge < -0.3 is 0 Å². The third kappa shape index (κ3) is 16.0. The van der Waals surface area contributed by atoms with Crippen molar-refractivity contribution in [3.05, 3.63) is 132 Å². The molecule has 0 aliphatic rings. The predicted octanol–water partition coefficient (Wildman–Crippen LogP) is 4.60. The number of carbonyl (C=O) groups is 2. The number of methoxy groups -OCH3 is 2. The van der Waals surface area contributed by atoms with Crippen LogP contribution in [0.1, 0.15) is 20.7 Å². The third-order valence-electron chi connectivity index (χ3n) is 3.87. The molecule has 4 nitrogen and oxygen atoms in total. The van der Waals surface area contributed by atoms with Gasteiger partial charge in [-0.15, -0.1) is 0 Å². The maximum absolute atomic E-state index is 10.7. The minimum Gasteiger partial charge on any atom is -0.0622 e. The van der Waals surface area contributed by atoms with Gasteiger partial charge in [-0.3, -0.25) is 0 Å². The van der Waals surface area contributed by atoms with Crippen LogP contribution in [0.5, 0.6) is 11.5 Å². The first-order valence-corrected chi connectivity index (χ1v) is 11.7. The van der Waals surface area contributed by atoms with Gasteiger partial charge in [-0.25, -0.2) is 0 Å². The number of benzene rings is 4. The average Bonchev–Trinajstić information content (AvgIpc) is 2.92. The largest absolute Gasteiger partial charge is 2.00 e. The average molecular weight is 701 g/mol. The van der Waals surface area contributed by atoms with Gasteiger partial charge in [-0.05, 0) is 12.1 Å². The molecule has 4 aromatic rings. The van der Waals surface area contributed by atoms with Crippen molar-refractivity contribution in [3.63, 3.8) is 0 Å². The molecule has 0 fully saturated rings. The minimum atomic E-state index is -0.0485. The molecule has 0 heterocycles. The van der Waals surface area contributed by atoms with Gasteiger partial charge in [-0.2, -0.15) is 0 Å². The van der Waals surface area contributed by atoms with E-state index in [0.717, 1.165) is 11.5 Å². The molecule has 4 aromatic carbocycles. The monoisotopic (exact) mass is 704 g/mol. The summed E-state index contributed by atoms with van der Waals surface area (Å²) in [6.45, 7) is 0. The van der Waals surface area contributed by atoms with Crippen molar-refractivity contribution >= 4 is 65.3 Å². The zero-order valence-electron chi connectivity index (χ0n) is 19.3. The molecule has 0 unspecified atom stereocenters. The first kappa shape index (κ1) is 32.7. The summed E-state index contributed by atoms with van der Waals surface area (Å²) < 4.78 is 9.76. The molecule has 0 saturated heterocycles. The van der Waals surface area contributed by atoms with Crippen LogP contribution in [-0.2, 0) is 0 Å². The second-order valence-corrected chi connectivity index (χ2v) is 7.74. The fourth-order valence-corrected chi connectivity index (χ4v) is 2.71. The Morgan fingerprint density at radius 1 is 0.571 bits per heavy atom. The Kier molecular flexibility index (Phi) is 19.6. The molecule has 0 spiro atoms. The third-order valence-corrected chi connectivity index (χ3v) is 4.85. The maximum Gasteiger partial charge on any atom is 2.00 e. The Morgan fingerprint density at radius 2 is 0.857 bits per heavy atom. The molecule has 0 aromatic heterocycles. The van der Waals surface area contributed by atoms with Crippen LogP contribution in [0.2, 0.25) is 0 Å². The van der Waals surface area contributed by atoms with E-state index in [2.05, 4.69) is 44.2 Å². The van der Waals surface area contributed by atoms with Crippen LogP contribution in [0.15, 0.2) is 109 Å². The van der Waals surface area contributed by atoms with E-state index in [4.69, 9.17) is 9.47 Å². The smallest absolute Gasteiger partial charge is 0.0622 e. The van der Waals surface area contributed by atoms with Gasteiger partial charge >= 0.3 is 170 Å². The van der Waals surface area contributed by atoms with Crippen molar-refractivity contribution in [2.75, 3.05) is 14.2 Å². The Morgan fingerprint density at radius 3 is 1.00 bits per heavy atom. The summed E-state index contributed by atoms with van der Waals surface area (Å²) in [7, 11) is 3.18. The van der Waals surface area contributed by atoms with Crippen LogP contribution < -0.4 is 9.47 Å². The van der Waals surface area contributed by atoms with Crippen LogP contribution in [-0.4, -0.2) is 79.5 Å². The van der Waals surface area contributed by atoms with Crippen LogP contribution >= 0.6 is 0 Å². The zero-order valence-corrected chi connectivity index (χ0v) is 25.6. The number of hydrogen-bond acceptors (Lipinski definition) is 4. The van der Waals surface area contributed by atoms with Crippen LogP contribution in [0.25, 0.3) is 0 Å². The molecule has 0 bridgehead atoms. The van der Waals surface area contributed by atoms with Crippen LogP contribution in [0.3, 0.4) is 0 Å². The van der Waals surface area contributed by atoms with Crippen molar-refractivity contribution in [1.29, 1.82) is 0 Å². The summed E-state index contributed by atoms with van der Waals surface area (Å²) >= 11 is 4.83. The normalized spacial score (nSPS) is 8.51. The van der Waals surface area contributed by atoms with E-state index in [9.17, 15) is 9.59 Å². The van der Waals surface area contributed by atoms with Gasteiger partial charge in [0.15, 0.2) is 0 Å². The van der Waals surface area contributed by atoms with Crippen molar-refractivity contribution in [1.82, 2.24) is 0 Å². The second kappa shape index (κ2) is 21.0. The van der Waals surface area contributed by atoms with Crippen molar-refractivity contribution in [3.8, 4) is 11.5 Å². The Bertz CT molecular complexity index is 917. The molecule has 0 saturated carbocycles. The number of hydrogen-bond donors (Lipinski definition) is 0. The molecular formula is C28H24O4Se2Sn. The molecule has 7 heteroatoms. The van der Waals surface area contributed by atoms with Crippen LogP contribution in [0, 0.1) is 12.1 Å². The molecule has 176 valence electrons. The number of carbonyl (C=O) groups excluding carboxylic acids is 2. The van der Waals surface area contributed by atoms with E-state index < -0.39 is 0 Å². The molecule has 4 radical (unpaired) electrons. The standard InChI is InChI=1S/2C8H8O2Se.2C6H5.Sn/c2*1-10-7-4-2-6(3-5-7)8(9)11;2*1-2-4-6-5-3-1;/h2*2-5H,1H3,(H,9,11);2*1-5H;/q;;;;+2/p-2. The van der Waals surface area contributed by atoms with Gasteiger partial charge in [-0.1, -0.05) is 60.7 Å². The van der Waals surface area contributed by atoms with Crippen molar-refractivity contribution < 1.29 is 19.1 Å². The summed E-state index contributed by atoms with van der Waals surface area (Å²) in [5.74, 6) is 1.52. The van der Waals surface area contributed by atoms with Gasteiger partial charge in [0, 0.05) is 0 Å². The van der Waals surface area contributed by atoms with E-state index >= 15 is 0 Å². The fraction of sp³-hybridized carbons (Fsp3) is 0.0714. The molecule has 0 N–H and O–H groups in total. The maximum atomic E-state index is 10.7. The minimum absolute atomic E-state index is 0. The molecular weight excluding hydrogens is 677 g/mol. The van der Waals surface area contributed by atoms with Crippen LogP contribution in [0.4, 0.5) is 0 Å². The summed E-state index contributed by atoms with van der Waals surface area (Å²) in [4.78, 5) is 21.5. The van der Waals surface area contributed by atoms with Gasteiger partial charge in [0.05, 0.1) is 0 Å². The molecule has 4 rings (SSSR count). The fourth-order valence-electron chi connectivity index (χ4n) is 2.14. The quantitative estimate of drug-likeness (QED) is 0.293.